The molecule has 0 radical (unpaired) electrons. The molecule has 0 aliphatic rings. The fourth-order valence-electron chi connectivity index (χ4n) is 1.55. The van der Waals surface area contributed by atoms with Crippen molar-refractivity contribution in [2.24, 2.45) is 0 Å². The van der Waals surface area contributed by atoms with Crippen LogP contribution >= 0.6 is 34.5 Å². The van der Waals surface area contributed by atoms with E-state index >= 15 is 0 Å². The average molecular weight is 345 g/mol. The smallest absolute Gasteiger partial charge is 0.269 e. The molecule has 0 fully saturated rings. The maximum atomic E-state index is 12.3. The summed E-state index contributed by atoms with van der Waals surface area (Å²) in [6, 6.07) is 4.85. The number of rotatable bonds is 4. The van der Waals surface area contributed by atoms with E-state index in [0.717, 1.165) is 6.54 Å². The number of carbonyl (C=O) groups excluding carboxylic acids is 1. The average Bonchev–Trinajstić information content (AvgIpc) is 2.83. The van der Waals surface area contributed by atoms with E-state index in [-0.39, 0.29) is 11.7 Å². The molecule has 0 atom stereocenters. The molecule has 0 bridgehead atoms. The van der Waals surface area contributed by atoms with Gasteiger partial charge < -0.3 is 16.0 Å². The molecule has 1 aromatic heterocycles. The van der Waals surface area contributed by atoms with Crippen LogP contribution in [0.25, 0.3) is 0 Å². The van der Waals surface area contributed by atoms with Gasteiger partial charge in [-0.15, -0.1) is 0 Å². The number of halogens is 2. The minimum Gasteiger partial charge on any atom is -0.382 e. The maximum absolute atomic E-state index is 12.3. The van der Waals surface area contributed by atoms with E-state index in [9.17, 15) is 4.79 Å². The van der Waals surface area contributed by atoms with E-state index in [2.05, 4.69) is 10.3 Å². The lowest BCUT2D eigenvalue weighted by Gasteiger charge is -2.11. The number of anilines is 3. The molecular formula is C13H14Cl2N4OS. The third-order valence-corrected chi connectivity index (χ3v) is 4.56. The zero-order valence-electron chi connectivity index (χ0n) is 11.5. The number of nitrogens with zero attached hydrogens (tertiary/aromatic N) is 2. The Labute approximate surface area is 136 Å². The Morgan fingerprint density at radius 3 is 2.81 bits per heavy atom. The first-order valence-corrected chi connectivity index (χ1v) is 7.73. The summed E-state index contributed by atoms with van der Waals surface area (Å²) >= 11 is 13.1. The summed E-state index contributed by atoms with van der Waals surface area (Å²) in [5.41, 5.74) is 6.28. The van der Waals surface area contributed by atoms with Crippen LogP contribution in [0.15, 0.2) is 18.2 Å². The Morgan fingerprint density at radius 1 is 1.48 bits per heavy atom. The number of amides is 1. The van der Waals surface area contributed by atoms with Crippen molar-refractivity contribution in [2.45, 2.75) is 6.92 Å². The molecule has 5 nitrogen and oxygen atoms in total. The third kappa shape index (κ3) is 3.58. The summed E-state index contributed by atoms with van der Waals surface area (Å²) in [5, 5.41) is 4.27. The van der Waals surface area contributed by atoms with Crippen LogP contribution in [0.4, 0.5) is 16.6 Å². The number of nitrogen functional groups attached to an aromatic ring is 1. The van der Waals surface area contributed by atoms with Crippen molar-refractivity contribution in [1.29, 1.82) is 0 Å². The zero-order valence-corrected chi connectivity index (χ0v) is 13.8. The standard InChI is InChI=1S/C13H14Cl2N4OS/c1-3-19(2)13-18-11(16)10(21-13)12(20)17-9-5-4-7(14)6-8(9)15/h4-6H,3,16H2,1-2H3,(H,17,20). The van der Waals surface area contributed by atoms with Crippen LogP contribution in [-0.4, -0.2) is 24.5 Å². The second-order valence-electron chi connectivity index (χ2n) is 4.30. The first-order chi connectivity index (χ1) is 9.92. The molecule has 112 valence electrons. The van der Waals surface area contributed by atoms with Crippen LogP contribution in [0, 0.1) is 0 Å². The molecule has 2 rings (SSSR count). The number of carbonyl (C=O) groups is 1. The minimum absolute atomic E-state index is 0.206. The quantitative estimate of drug-likeness (QED) is 0.886. The van der Waals surface area contributed by atoms with Crippen molar-refractivity contribution < 1.29 is 4.79 Å². The second kappa shape index (κ2) is 6.51. The molecular weight excluding hydrogens is 331 g/mol. The number of hydrogen-bond acceptors (Lipinski definition) is 5. The van der Waals surface area contributed by atoms with E-state index < -0.39 is 0 Å². The van der Waals surface area contributed by atoms with Gasteiger partial charge in [-0.3, -0.25) is 4.79 Å². The topological polar surface area (TPSA) is 71.2 Å². The van der Waals surface area contributed by atoms with Crippen molar-refractivity contribution >= 4 is 57.1 Å². The highest BCUT2D eigenvalue weighted by Crippen LogP contribution is 2.30. The van der Waals surface area contributed by atoms with Gasteiger partial charge in [-0.1, -0.05) is 34.5 Å². The van der Waals surface area contributed by atoms with Crippen LogP contribution in [0.1, 0.15) is 16.6 Å². The van der Waals surface area contributed by atoms with Crippen LogP contribution < -0.4 is 16.0 Å². The first kappa shape index (κ1) is 15.9. The van der Waals surface area contributed by atoms with Gasteiger partial charge in [-0.25, -0.2) is 4.98 Å². The number of hydrogen-bond donors (Lipinski definition) is 2. The van der Waals surface area contributed by atoms with Crippen LogP contribution in [0.2, 0.25) is 10.0 Å². The number of nitrogens with one attached hydrogen (secondary N) is 1. The fraction of sp³-hybridized carbons (Fsp3) is 0.231. The van der Waals surface area contributed by atoms with Gasteiger partial charge in [0.05, 0.1) is 10.7 Å². The van der Waals surface area contributed by atoms with E-state index in [0.29, 0.717) is 25.7 Å². The molecule has 21 heavy (non-hydrogen) atoms. The van der Waals surface area contributed by atoms with Gasteiger partial charge in [0, 0.05) is 18.6 Å². The van der Waals surface area contributed by atoms with Crippen LogP contribution in [0.5, 0.6) is 0 Å². The van der Waals surface area contributed by atoms with Crippen molar-refractivity contribution in [1.82, 2.24) is 4.98 Å². The third-order valence-electron chi connectivity index (χ3n) is 2.83. The van der Waals surface area contributed by atoms with E-state index in [1.165, 1.54) is 11.3 Å². The van der Waals surface area contributed by atoms with Gasteiger partial charge in [0.2, 0.25) is 0 Å². The molecule has 0 saturated carbocycles. The van der Waals surface area contributed by atoms with Gasteiger partial charge in [0.25, 0.3) is 5.91 Å². The highest BCUT2D eigenvalue weighted by atomic mass is 35.5. The molecule has 8 heteroatoms. The highest BCUT2D eigenvalue weighted by molar-refractivity contribution is 7.18. The van der Waals surface area contributed by atoms with Crippen molar-refractivity contribution in [3.8, 4) is 0 Å². The Bertz CT molecular complexity index is 674. The maximum Gasteiger partial charge on any atom is 0.269 e. The SMILES string of the molecule is CCN(C)c1nc(N)c(C(=O)Nc2ccc(Cl)cc2Cl)s1. The molecule has 0 unspecified atom stereocenters. The van der Waals surface area contributed by atoms with E-state index in [1.54, 1.807) is 18.2 Å². The van der Waals surface area contributed by atoms with Crippen molar-refractivity contribution in [3.05, 3.63) is 33.1 Å². The van der Waals surface area contributed by atoms with Gasteiger partial charge in [-0.05, 0) is 25.1 Å². The predicted octanol–water partition coefficient (Wildman–Crippen LogP) is 3.74. The summed E-state index contributed by atoms with van der Waals surface area (Å²) in [6.07, 6.45) is 0. The molecule has 0 aliphatic carbocycles. The van der Waals surface area contributed by atoms with Crippen LogP contribution in [0.3, 0.4) is 0 Å². The summed E-state index contributed by atoms with van der Waals surface area (Å²) in [7, 11) is 1.88. The molecule has 2 aromatic rings. The number of benzene rings is 1. The molecule has 0 saturated heterocycles. The summed E-state index contributed by atoms with van der Waals surface area (Å²) in [5.74, 6) is -0.136. The number of nitrogens with two attached hydrogens (primary N) is 1. The molecule has 0 spiro atoms. The molecule has 0 aliphatic heterocycles. The van der Waals surface area contributed by atoms with Gasteiger partial charge in [0.15, 0.2) is 5.13 Å². The predicted molar refractivity (Wildman–Crippen MR) is 89.9 cm³/mol. The van der Waals surface area contributed by atoms with Gasteiger partial charge in [-0.2, -0.15) is 0 Å². The van der Waals surface area contributed by atoms with E-state index in [1.807, 2.05) is 18.9 Å². The lowest BCUT2D eigenvalue weighted by molar-refractivity contribution is 0.103. The normalized spacial score (nSPS) is 10.5. The summed E-state index contributed by atoms with van der Waals surface area (Å²) in [6.45, 7) is 2.77. The second-order valence-corrected chi connectivity index (χ2v) is 6.12. The Morgan fingerprint density at radius 2 is 2.19 bits per heavy atom. The lowest BCUT2D eigenvalue weighted by atomic mass is 10.3. The largest absolute Gasteiger partial charge is 0.382 e. The highest BCUT2D eigenvalue weighted by Gasteiger charge is 2.18. The van der Waals surface area contributed by atoms with Gasteiger partial charge >= 0.3 is 0 Å². The van der Waals surface area contributed by atoms with Crippen LogP contribution in [-0.2, 0) is 0 Å². The first-order valence-electron chi connectivity index (χ1n) is 6.16. The Hall–Kier alpha value is -1.50. The Kier molecular flexibility index (Phi) is 4.92. The molecule has 1 heterocycles. The monoisotopic (exact) mass is 344 g/mol. The fourth-order valence-corrected chi connectivity index (χ4v) is 2.91. The molecule has 1 amide bonds. The molecule has 3 N–H and O–H groups in total. The Balaban J connectivity index is 2.22. The summed E-state index contributed by atoms with van der Waals surface area (Å²) in [4.78, 5) is 18.7. The summed E-state index contributed by atoms with van der Waals surface area (Å²) < 4.78 is 0. The van der Waals surface area contributed by atoms with Crippen molar-refractivity contribution in [2.75, 3.05) is 29.5 Å². The number of aromatic nitrogens is 1. The molecule has 1 aromatic carbocycles. The minimum atomic E-state index is -0.343. The van der Waals surface area contributed by atoms with Crippen molar-refractivity contribution in [3.63, 3.8) is 0 Å². The lowest BCUT2D eigenvalue weighted by Crippen LogP contribution is -2.15. The van der Waals surface area contributed by atoms with Gasteiger partial charge in [0.1, 0.15) is 10.7 Å². The van der Waals surface area contributed by atoms with E-state index in [4.69, 9.17) is 28.9 Å². The number of thiazole rings is 1. The zero-order chi connectivity index (χ0) is 15.6.